The van der Waals surface area contributed by atoms with Crippen LogP contribution in [0.25, 0.3) is 10.9 Å². The fourth-order valence-corrected chi connectivity index (χ4v) is 3.41. The number of benzene rings is 2. The van der Waals surface area contributed by atoms with E-state index in [2.05, 4.69) is 10.3 Å². The molecule has 0 radical (unpaired) electrons. The number of carbonyl (C=O) groups is 1. The number of H-pyrrole nitrogens is 1. The van der Waals surface area contributed by atoms with Crippen LogP contribution >= 0.6 is 11.6 Å². The fraction of sp³-hybridized carbons (Fsp3) is 0.273. The van der Waals surface area contributed by atoms with Crippen LogP contribution in [0.4, 0.5) is 10.5 Å². The number of amides is 2. The Morgan fingerprint density at radius 2 is 1.93 bits per heavy atom. The van der Waals surface area contributed by atoms with Crippen LogP contribution in [0, 0.1) is 13.8 Å². The third kappa shape index (κ3) is 4.96. The van der Waals surface area contributed by atoms with Gasteiger partial charge in [-0.05, 0) is 55.7 Å². The molecule has 0 fully saturated rings. The number of carbonyl (C=O) groups excluding carboxylic acids is 1. The molecule has 152 valence electrons. The molecule has 0 spiro atoms. The first-order chi connectivity index (χ1) is 13.9. The molecule has 0 aliphatic rings. The van der Waals surface area contributed by atoms with Crippen molar-refractivity contribution in [2.24, 2.45) is 0 Å². The number of nitrogens with zero attached hydrogens (tertiary/aromatic N) is 1. The molecule has 1 heterocycles. The molecular weight excluding hydrogens is 390 g/mol. The van der Waals surface area contributed by atoms with Crippen molar-refractivity contribution in [1.82, 2.24) is 9.88 Å². The van der Waals surface area contributed by atoms with Crippen LogP contribution in [0.1, 0.15) is 23.1 Å². The Kier molecular flexibility index (Phi) is 6.56. The number of rotatable bonds is 6. The first kappa shape index (κ1) is 20.9. The third-order valence-electron chi connectivity index (χ3n) is 4.83. The summed E-state index contributed by atoms with van der Waals surface area (Å²) in [5.74, 6) is 0. The maximum absolute atomic E-state index is 12.8. The van der Waals surface area contributed by atoms with Gasteiger partial charge in [0.1, 0.15) is 0 Å². The van der Waals surface area contributed by atoms with Crippen LogP contribution in [-0.4, -0.2) is 34.2 Å². The molecule has 0 atom stereocenters. The van der Waals surface area contributed by atoms with Gasteiger partial charge in [0.15, 0.2) is 0 Å². The number of pyridine rings is 1. The van der Waals surface area contributed by atoms with Gasteiger partial charge in [-0.3, -0.25) is 4.79 Å². The van der Waals surface area contributed by atoms with E-state index in [1.807, 2.05) is 32.0 Å². The zero-order valence-electron chi connectivity index (χ0n) is 16.5. The predicted molar refractivity (Wildman–Crippen MR) is 117 cm³/mol. The smallest absolute Gasteiger partial charge is 0.322 e. The lowest BCUT2D eigenvalue weighted by Crippen LogP contribution is -2.37. The number of halogens is 1. The molecule has 3 N–H and O–H groups in total. The van der Waals surface area contributed by atoms with Crippen LogP contribution in [0.3, 0.4) is 0 Å². The molecule has 6 nitrogen and oxygen atoms in total. The molecule has 0 aliphatic carbocycles. The first-order valence-electron chi connectivity index (χ1n) is 9.43. The van der Waals surface area contributed by atoms with E-state index in [0.29, 0.717) is 29.2 Å². The van der Waals surface area contributed by atoms with Crippen molar-refractivity contribution >= 4 is 34.2 Å². The number of aryl methyl sites for hydroxylation is 2. The summed E-state index contributed by atoms with van der Waals surface area (Å²) in [5, 5.41) is 13.5. The second-order valence-corrected chi connectivity index (χ2v) is 7.49. The number of anilines is 1. The quantitative estimate of drug-likeness (QED) is 0.565. The number of aliphatic hydroxyl groups is 1. The molecule has 0 unspecified atom stereocenters. The van der Waals surface area contributed by atoms with Gasteiger partial charge in [0.25, 0.3) is 5.56 Å². The fourth-order valence-electron chi connectivity index (χ4n) is 3.22. The zero-order chi connectivity index (χ0) is 21.0. The number of nitrogens with one attached hydrogen (secondary N) is 2. The summed E-state index contributed by atoms with van der Waals surface area (Å²) in [7, 11) is 0. The molecule has 1 aromatic heterocycles. The number of fused-ring (bicyclic) bond motifs is 1. The van der Waals surface area contributed by atoms with Gasteiger partial charge < -0.3 is 20.3 Å². The number of aliphatic hydroxyl groups excluding tert-OH is 1. The monoisotopic (exact) mass is 413 g/mol. The first-order valence-corrected chi connectivity index (χ1v) is 9.81. The van der Waals surface area contributed by atoms with Crippen molar-refractivity contribution in [3.8, 4) is 0 Å². The molecule has 0 saturated heterocycles. The van der Waals surface area contributed by atoms with Gasteiger partial charge >= 0.3 is 6.03 Å². The van der Waals surface area contributed by atoms with Gasteiger partial charge in [-0.1, -0.05) is 29.8 Å². The highest BCUT2D eigenvalue weighted by Crippen LogP contribution is 2.21. The van der Waals surface area contributed by atoms with Crippen LogP contribution in [-0.2, 0) is 6.54 Å². The number of urea groups is 1. The molecule has 3 rings (SSSR count). The second kappa shape index (κ2) is 9.11. The molecule has 2 aromatic carbocycles. The molecule has 3 aromatic rings. The summed E-state index contributed by atoms with van der Waals surface area (Å²) < 4.78 is 0. The van der Waals surface area contributed by atoms with Crippen molar-refractivity contribution in [3.63, 3.8) is 0 Å². The summed E-state index contributed by atoms with van der Waals surface area (Å²) in [6.07, 6.45) is 0.409. The summed E-state index contributed by atoms with van der Waals surface area (Å²) in [5.41, 5.74) is 3.68. The lowest BCUT2D eigenvalue weighted by Gasteiger charge is -2.23. The highest BCUT2D eigenvalue weighted by Gasteiger charge is 2.17. The van der Waals surface area contributed by atoms with E-state index >= 15 is 0 Å². The van der Waals surface area contributed by atoms with Crippen LogP contribution in [0.15, 0.2) is 47.3 Å². The summed E-state index contributed by atoms with van der Waals surface area (Å²) in [6.45, 7) is 4.33. The SMILES string of the molecule is Cc1ccc(C)c2[nH]c(=O)c(CN(CCCO)C(=O)Nc3cccc(Cl)c3)cc12. The number of aromatic amines is 1. The Morgan fingerprint density at radius 3 is 2.66 bits per heavy atom. The minimum Gasteiger partial charge on any atom is -0.396 e. The van der Waals surface area contributed by atoms with Gasteiger partial charge in [0.2, 0.25) is 0 Å². The maximum atomic E-state index is 12.8. The van der Waals surface area contributed by atoms with E-state index in [9.17, 15) is 14.7 Å². The van der Waals surface area contributed by atoms with Gasteiger partial charge in [0, 0.05) is 34.8 Å². The number of hydrogen-bond acceptors (Lipinski definition) is 3. The van der Waals surface area contributed by atoms with Crippen LogP contribution < -0.4 is 10.9 Å². The molecule has 0 aliphatic heterocycles. The molecule has 7 heteroatoms. The van der Waals surface area contributed by atoms with Gasteiger partial charge in [-0.2, -0.15) is 0 Å². The Balaban J connectivity index is 1.90. The standard InChI is InChI=1S/C22H24ClN3O3/c1-14-7-8-15(2)20-19(14)11-16(21(28)25-20)13-26(9-4-10-27)22(29)24-18-6-3-5-17(23)12-18/h3,5-8,11-12,27H,4,9-10,13H2,1-2H3,(H,24,29)(H,25,28). The largest absolute Gasteiger partial charge is 0.396 e. The van der Waals surface area contributed by atoms with Crippen LogP contribution in [0.2, 0.25) is 5.02 Å². The van der Waals surface area contributed by atoms with Crippen molar-refractivity contribution in [1.29, 1.82) is 0 Å². The molecular formula is C22H24ClN3O3. The van der Waals surface area contributed by atoms with Gasteiger partial charge in [-0.25, -0.2) is 4.79 Å². The topological polar surface area (TPSA) is 85.4 Å². The molecule has 0 bridgehead atoms. The second-order valence-electron chi connectivity index (χ2n) is 7.05. The summed E-state index contributed by atoms with van der Waals surface area (Å²) in [6, 6.07) is 12.3. The highest BCUT2D eigenvalue weighted by molar-refractivity contribution is 6.30. The van der Waals surface area contributed by atoms with Crippen molar-refractivity contribution in [2.45, 2.75) is 26.8 Å². The van der Waals surface area contributed by atoms with E-state index in [1.54, 1.807) is 24.3 Å². The van der Waals surface area contributed by atoms with Crippen molar-refractivity contribution in [3.05, 3.63) is 74.5 Å². The minimum atomic E-state index is -0.360. The Hall–Kier alpha value is -2.83. The van der Waals surface area contributed by atoms with E-state index in [0.717, 1.165) is 22.0 Å². The molecule has 0 saturated carbocycles. The normalized spacial score (nSPS) is 10.9. The number of hydrogen-bond donors (Lipinski definition) is 3. The maximum Gasteiger partial charge on any atom is 0.322 e. The van der Waals surface area contributed by atoms with E-state index in [4.69, 9.17) is 11.6 Å². The average Bonchev–Trinajstić information content (AvgIpc) is 2.68. The lowest BCUT2D eigenvalue weighted by atomic mass is 10.0. The van der Waals surface area contributed by atoms with Crippen LogP contribution in [0.5, 0.6) is 0 Å². The Bertz CT molecular complexity index is 1090. The lowest BCUT2D eigenvalue weighted by molar-refractivity contribution is 0.199. The highest BCUT2D eigenvalue weighted by atomic mass is 35.5. The van der Waals surface area contributed by atoms with Crippen molar-refractivity contribution in [2.75, 3.05) is 18.5 Å². The number of aromatic nitrogens is 1. The van der Waals surface area contributed by atoms with E-state index < -0.39 is 0 Å². The zero-order valence-corrected chi connectivity index (χ0v) is 17.2. The van der Waals surface area contributed by atoms with E-state index in [1.165, 1.54) is 4.90 Å². The minimum absolute atomic E-state index is 0.0483. The Morgan fingerprint density at radius 1 is 1.17 bits per heavy atom. The molecule has 2 amide bonds. The Labute approximate surface area is 174 Å². The molecule has 29 heavy (non-hydrogen) atoms. The third-order valence-corrected chi connectivity index (χ3v) is 5.07. The van der Waals surface area contributed by atoms with Gasteiger partial charge in [-0.15, -0.1) is 0 Å². The van der Waals surface area contributed by atoms with Crippen molar-refractivity contribution < 1.29 is 9.90 Å². The summed E-state index contributed by atoms with van der Waals surface area (Å²) in [4.78, 5) is 29.9. The van der Waals surface area contributed by atoms with Gasteiger partial charge in [0.05, 0.1) is 12.1 Å². The summed E-state index contributed by atoms with van der Waals surface area (Å²) >= 11 is 5.98. The average molecular weight is 414 g/mol. The van der Waals surface area contributed by atoms with E-state index in [-0.39, 0.29) is 24.7 Å². The predicted octanol–water partition coefficient (Wildman–Crippen LogP) is 4.21.